The Bertz CT molecular complexity index is 283. The highest BCUT2D eigenvalue weighted by atomic mass is 16.5. The summed E-state index contributed by atoms with van der Waals surface area (Å²) < 4.78 is 11.2. The number of morpholine rings is 1. The number of hydrogen-bond donors (Lipinski definition) is 1. The van der Waals surface area contributed by atoms with Gasteiger partial charge in [-0.2, -0.15) is 0 Å². The molecule has 1 heterocycles. The molecule has 2 rings (SSSR count). The molecule has 15 heavy (non-hydrogen) atoms. The predicted octanol–water partition coefficient (Wildman–Crippen LogP) is 1.36. The van der Waals surface area contributed by atoms with Crippen molar-refractivity contribution < 1.29 is 9.47 Å². The summed E-state index contributed by atoms with van der Waals surface area (Å²) in [6, 6.07) is 10.2. The van der Waals surface area contributed by atoms with Gasteiger partial charge in [-0.25, -0.2) is 0 Å². The SMILES string of the molecule is CO[C@@H](c1ccccc1)C1CNCCO1. The summed E-state index contributed by atoms with van der Waals surface area (Å²) in [5.74, 6) is 0. The first-order valence-electron chi connectivity index (χ1n) is 5.32. The van der Waals surface area contributed by atoms with Crippen molar-refractivity contribution in [2.45, 2.75) is 12.2 Å². The van der Waals surface area contributed by atoms with Gasteiger partial charge in [0.05, 0.1) is 6.61 Å². The first kappa shape index (κ1) is 10.6. The van der Waals surface area contributed by atoms with E-state index in [1.165, 1.54) is 5.56 Å². The number of ether oxygens (including phenoxy) is 2. The highest BCUT2D eigenvalue weighted by Crippen LogP contribution is 2.23. The monoisotopic (exact) mass is 207 g/mol. The van der Waals surface area contributed by atoms with Gasteiger partial charge in [0, 0.05) is 20.2 Å². The van der Waals surface area contributed by atoms with Gasteiger partial charge in [-0.05, 0) is 5.56 Å². The van der Waals surface area contributed by atoms with Crippen LogP contribution in [-0.4, -0.2) is 32.9 Å². The molecule has 1 aliphatic rings. The van der Waals surface area contributed by atoms with E-state index in [0.29, 0.717) is 0 Å². The quantitative estimate of drug-likeness (QED) is 0.812. The van der Waals surface area contributed by atoms with Crippen molar-refractivity contribution >= 4 is 0 Å². The summed E-state index contributed by atoms with van der Waals surface area (Å²) >= 11 is 0. The van der Waals surface area contributed by atoms with Gasteiger partial charge in [-0.3, -0.25) is 0 Å². The molecule has 1 unspecified atom stereocenters. The van der Waals surface area contributed by atoms with Crippen molar-refractivity contribution in [3.8, 4) is 0 Å². The lowest BCUT2D eigenvalue weighted by Crippen LogP contribution is -2.42. The van der Waals surface area contributed by atoms with Crippen LogP contribution in [0.25, 0.3) is 0 Å². The fourth-order valence-corrected chi connectivity index (χ4v) is 1.93. The van der Waals surface area contributed by atoms with Gasteiger partial charge < -0.3 is 14.8 Å². The second-order valence-electron chi connectivity index (χ2n) is 3.68. The second kappa shape index (κ2) is 5.26. The molecule has 0 bridgehead atoms. The molecule has 0 spiro atoms. The zero-order valence-electron chi connectivity index (χ0n) is 8.98. The second-order valence-corrected chi connectivity index (χ2v) is 3.68. The van der Waals surface area contributed by atoms with Crippen LogP contribution in [0.15, 0.2) is 30.3 Å². The van der Waals surface area contributed by atoms with Gasteiger partial charge in [0.1, 0.15) is 12.2 Å². The topological polar surface area (TPSA) is 30.5 Å². The van der Waals surface area contributed by atoms with Crippen molar-refractivity contribution in [2.24, 2.45) is 0 Å². The van der Waals surface area contributed by atoms with E-state index >= 15 is 0 Å². The van der Waals surface area contributed by atoms with Crippen molar-refractivity contribution in [1.29, 1.82) is 0 Å². The molecule has 2 atom stereocenters. The molecule has 1 aromatic rings. The van der Waals surface area contributed by atoms with E-state index in [4.69, 9.17) is 9.47 Å². The van der Waals surface area contributed by atoms with Crippen LogP contribution in [0.3, 0.4) is 0 Å². The summed E-state index contributed by atoms with van der Waals surface area (Å²) in [5, 5.41) is 3.31. The third-order valence-corrected chi connectivity index (χ3v) is 2.68. The Hall–Kier alpha value is -0.900. The van der Waals surface area contributed by atoms with Gasteiger partial charge in [0.15, 0.2) is 0 Å². The molecular weight excluding hydrogens is 190 g/mol. The van der Waals surface area contributed by atoms with Crippen LogP contribution < -0.4 is 5.32 Å². The van der Waals surface area contributed by atoms with Gasteiger partial charge in [-0.15, -0.1) is 0 Å². The van der Waals surface area contributed by atoms with Gasteiger partial charge in [0.25, 0.3) is 0 Å². The number of hydrogen-bond acceptors (Lipinski definition) is 3. The molecule has 1 saturated heterocycles. The molecule has 0 saturated carbocycles. The highest BCUT2D eigenvalue weighted by molar-refractivity contribution is 5.19. The standard InChI is InChI=1S/C12H17NO2/c1-14-12(10-5-3-2-4-6-10)11-9-13-7-8-15-11/h2-6,11-13H,7-9H2,1H3/t11?,12-/m0/s1. The van der Waals surface area contributed by atoms with Crippen molar-refractivity contribution in [2.75, 3.05) is 26.8 Å². The van der Waals surface area contributed by atoms with Crippen LogP contribution in [0.4, 0.5) is 0 Å². The molecular formula is C12H17NO2. The fraction of sp³-hybridized carbons (Fsp3) is 0.500. The summed E-state index contributed by atoms with van der Waals surface area (Å²) in [4.78, 5) is 0. The van der Waals surface area contributed by atoms with E-state index < -0.39 is 0 Å². The van der Waals surface area contributed by atoms with Crippen LogP contribution >= 0.6 is 0 Å². The molecule has 0 aliphatic carbocycles. The number of rotatable bonds is 3. The molecule has 1 aliphatic heterocycles. The van der Waals surface area contributed by atoms with E-state index in [1.807, 2.05) is 18.2 Å². The Balaban J connectivity index is 2.09. The molecule has 82 valence electrons. The van der Waals surface area contributed by atoms with E-state index in [1.54, 1.807) is 7.11 Å². The van der Waals surface area contributed by atoms with E-state index in [9.17, 15) is 0 Å². The summed E-state index contributed by atoms with van der Waals surface area (Å²) in [6.45, 7) is 2.55. The average Bonchev–Trinajstić information content (AvgIpc) is 2.33. The molecule has 1 fully saturated rings. The third-order valence-electron chi connectivity index (χ3n) is 2.68. The van der Waals surface area contributed by atoms with Gasteiger partial charge in [-0.1, -0.05) is 30.3 Å². The van der Waals surface area contributed by atoms with E-state index in [2.05, 4.69) is 17.4 Å². The molecule has 0 radical (unpaired) electrons. The van der Waals surface area contributed by atoms with Crippen molar-refractivity contribution in [3.63, 3.8) is 0 Å². The van der Waals surface area contributed by atoms with Gasteiger partial charge in [0.2, 0.25) is 0 Å². The van der Waals surface area contributed by atoms with Crippen molar-refractivity contribution in [1.82, 2.24) is 5.32 Å². The van der Waals surface area contributed by atoms with Crippen LogP contribution in [-0.2, 0) is 9.47 Å². The van der Waals surface area contributed by atoms with Crippen LogP contribution in [0, 0.1) is 0 Å². The Morgan fingerprint density at radius 3 is 2.80 bits per heavy atom. The normalized spacial score (nSPS) is 23.7. The Morgan fingerprint density at radius 2 is 2.20 bits per heavy atom. The summed E-state index contributed by atoms with van der Waals surface area (Å²) in [5.41, 5.74) is 1.17. The minimum absolute atomic E-state index is 0.0269. The lowest BCUT2D eigenvalue weighted by atomic mass is 10.0. The summed E-state index contributed by atoms with van der Waals surface area (Å²) in [7, 11) is 1.73. The molecule has 0 amide bonds. The molecule has 0 aromatic heterocycles. The van der Waals surface area contributed by atoms with Crippen LogP contribution in [0.2, 0.25) is 0 Å². The lowest BCUT2D eigenvalue weighted by Gasteiger charge is -2.30. The number of benzene rings is 1. The molecule has 1 aromatic carbocycles. The zero-order valence-corrected chi connectivity index (χ0v) is 8.98. The smallest absolute Gasteiger partial charge is 0.109 e. The largest absolute Gasteiger partial charge is 0.374 e. The first-order valence-corrected chi connectivity index (χ1v) is 5.32. The third kappa shape index (κ3) is 2.56. The predicted molar refractivity (Wildman–Crippen MR) is 58.8 cm³/mol. The van der Waals surface area contributed by atoms with Crippen LogP contribution in [0.5, 0.6) is 0 Å². The first-order chi connectivity index (χ1) is 7.42. The molecule has 3 nitrogen and oxygen atoms in total. The zero-order chi connectivity index (χ0) is 10.5. The highest BCUT2D eigenvalue weighted by Gasteiger charge is 2.25. The Morgan fingerprint density at radius 1 is 1.40 bits per heavy atom. The van der Waals surface area contributed by atoms with E-state index in [-0.39, 0.29) is 12.2 Å². The lowest BCUT2D eigenvalue weighted by molar-refractivity contribution is -0.0708. The minimum atomic E-state index is 0.0269. The van der Waals surface area contributed by atoms with Gasteiger partial charge >= 0.3 is 0 Å². The summed E-state index contributed by atoms with van der Waals surface area (Å²) in [6.07, 6.45) is 0.144. The molecule has 1 N–H and O–H groups in total. The maximum atomic E-state index is 5.70. The van der Waals surface area contributed by atoms with Crippen LogP contribution in [0.1, 0.15) is 11.7 Å². The Labute approximate surface area is 90.4 Å². The number of methoxy groups -OCH3 is 1. The molecule has 3 heteroatoms. The number of nitrogens with one attached hydrogen (secondary N) is 1. The van der Waals surface area contributed by atoms with Crippen molar-refractivity contribution in [3.05, 3.63) is 35.9 Å². The average molecular weight is 207 g/mol. The fourth-order valence-electron chi connectivity index (χ4n) is 1.93. The Kier molecular flexibility index (Phi) is 3.72. The maximum absolute atomic E-state index is 5.70. The maximum Gasteiger partial charge on any atom is 0.109 e. The minimum Gasteiger partial charge on any atom is -0.374 e. The van der Waals surface area contributed by atoms with E-state index in [0.717, 1.165) is 19.7 Å².